The Morgan fingerprint density at radius 2 is 2.08 bits per heavy atom. The molecule has 0 aliphatic carbocycles. The van der Waals surface area contributed by atoms with E-state index in [0.717, 1.165) is 23.6 Å². The zero-order valence-corrected chi connectivity index (χ0v) is 15.1. The van der Waals surface area contributed by atoms with Gasteiger partial charge >= 0.3 is 0 Å². The van der Waals surface area contributed by atoms with Gasteiger partial charge in [-0.3, -0.25) is 9.59 Å². The van der Waals surface area contributed by atoms with Crippen molar-refractivity contribution in [2.75, 3.05) is 13.1 Å². The topological polar surface area (TPSA) is 62.6 Å². The molecule has 0 spiro atoms. The Hall–Kier alpha value is -2.21. The molecule has 3 rings (SSSR count). The predicted molar refractivity (Wildman–Crippen MR) is 97.5 cm³/mol. The molecule has 1 aromatic heterocycles. The van der Waals surface area contributed by atoms with Crippen LogP contribution in [0.25, 0.3) is 0 Å². The standard InChI is InChI=1S/C19H22N2O3S/c1-2-10-21-12-14(11-18(21)22)20-19(23)17-9-8-15(24-17)13-25-16-6-4-3-5-7-16/h3-9,14H,2,10-13H2,1H3,(H,20,23). The number of likely N-dealkylation sites (tertiary alicyclic amines) is 1. The van der Waals surface area contributed by atoms with Crippen LogP contribution in [-0.4, -0.2) is 35.8 Å². The maximum absolute atomic E-state index is 12.3. The van der Waals surface area contributed by atoms with Crippen molar-refractivity contribution in [1.29, 1.82) is 0 Å². The van der Waals surface area contributed by atoms with E-state index < -0.39 is 0 Å². The number of nitrogens with zero attached hydrogens (tertiary/aromatic N) is 1. The number of hydrogen-bond donors (Lipinski definition) is 1. The van der Waals surface area contributed by atoms with Crippen molar-refractivity contribution >= 4 is 23.6 Å². The lowest BCUT2D eigenvalue weighted by Gasteiger charge is -2.15. The monoisotopic (exact) mass is 358 g/mol. The molecule has 1 unspecified atom stereocenters. The summed E-state index contributed by atoms with van der Waals surface area (Å²) in [5.74, 6) is 1.57. The summed E-state index contributed by atoms with van der Waals surface area (Å²) in [6.07, 6.45) is 1.29. The highest BCUT2D eigenvalue weighted by Crippen LogP contribution is 2.23. The number of carbonyl (C=O) groups excluding carboxylic acids is 2. The van der Waals surface area contributed by atoms with Gasteiger partial charge in [0, 0.05) is 24.4 Å². The summed E-state index contributed by atoms with van der Waals surface area (Å²) in [5, 5.41) is 2.90. The first-order valence-corrected chi connectivity index (χ1v) is 9.49. The van der Waals surface area contributed by atoms with Gasteiger partial charge in [-0.2, -0.15) is 0 Å². The molecule has 0 radical (unpaired) electrons. The van der Waals surface area contributed by atoms with Gasteiger partial charge < -0.3 is 14.6 Å². The highest BCUT2D eigenvalue weighted by molar-refractivity contribution is 7.98. The number of thioether (sulfide) groups is 1. The molecular formula is C19H22N2O3S. The van der Waals surface area contributed by atoms with E-state index >= 15 is 0 Å². The molecule has 2 aromatic rings. The minimum atomic E-state index is -0.257. The normalized spacial score (nSPS) is 17.1. The van der Waals surface area contributed by atoms with Crippen LogP contribution < -0.4 is 5.32 Å². The van der Waals surface area contributed by atoms with Gasteiger partial charge in [-0.15, -0.1) is 11.8 Å². The van der Waals surface area contributed by atoms with E-state index in [0.29, 0.717) is 24.5 Å². The molecule has 132 valence electrons. The second-order valence-electron chi connectivity index (χ2n) is 6.08. The van der Waals surface area contributed by atoms with Crippen molar-refractivity contribution in [2.45, 2.75) is 36.5 Å². The van der Waals surface area contributed by atoms with Gasteiger partial charge in [-0.25, -0.2) is 0 Å². The number of nitrogens with one attached hydrogen (secondary N) is 1. The molecule has 1 aliphatic rings. The number of hydrogen-bond acceptors (Lipinski definition) is 4. The Bertz CT molecular complexity index is 729. The maximum atomic E-state index is 12.3. The highest BCUT2D eigenvalue weighted by Gasteiger charge is 2.30. The van der Waals surface area contributed by atoms with Crippen LogP contribution in [-0.2, 0) is 10.5 Å². The number of rotatable bonds is 7. The predicted octanol–water partition coefficient (Wildman–Crippen LogP) is 3.31. The van der Waals surface area contributed by atoms with Gasteiger partial charge in [0.05, 0.1) is 11.8 Å². The maximum Gasteiger partial charge on any atom is 0.287 e. The Labute approximate surface area is 151 Å². The van der Waals surface area contributed by atoms with Crippen LogP contribution in [0, 0.1) is 0 Å². The fraction of sp³-hybridized carbons (Fsp3) is 0.368. The quantitative estimate of drug-likeness (QED) is 0.772. The van der Waals surface area contributed by atoms with Crippen molar-refractivity contribution < 1.29 is 14.0 Å². The molecule has 1 fully saturated rings. The third kappa shape index (κ3) is 4.66. The molecule has 1 atom stereocenters. The minimum Gasteiger partial charge on any atom is -0.455 e. The molecule has 1 aliphatic heterocycles. The molecule has 1 N–H and O–H groups in total. The van der Waals surface area contributed by atoms with E-state index in [1.807, 2.05) is 43.3 Å². The Morgan fingerprint density at radius 1 is 1.28 bits per heavy atom. The minimum absolute atomic E-state index is 0.103. The van der Waals surface area contributed by atoms with Gasteiger partial charge in [-0.05, 0) is 30.7 Å². The van der Waals surface area contributed by atoms with E-state index in [1.54, 1.807) is 22.7 Å². The molecule has 1 saturated heterocycles. The molecule has 0 bridgehead atoms. The summed E-state index contributed by atoms with van der Waals surface area (Å²) in [7, 11) is 0. The Balaban J connectivity index is 1.52. The van der Waals surface area contributed by atoms with Crippen molar-refractivity contribution in [2.24, 2.45) is 0 Å². The third-order valence-corrected chi connectivity index (χ3v) is 5.09. The second-order valence-corrected chi connectivity index (χ2v) is 7.13. The van der Waals surface area contributed by atoms with Crippen LogP contribution in [0.3, 0.4) is 0 Å². The second kappa shape index (κ2) is 8.25. The van der Waals surface area contributed by atoms with Gasteiger partial charge in [0.15, 0.2) is 5.76 Å². The molecule has 5 nitrogen and oxygen atoms in total. The summed E-state index contributed by atoms with van der Waals surface area (Å²) in [6, 6.07) is 13.4. The Kier molecular flexibility index (Phi) is 5.81. The summed E-state index contributed by atoms with van der Waals surface area (Å²) in [4.78, 5) is 27.1. The Morgan fingerprint density at radius 3 is 2.84 bits per heavy atom. The van der Waals surface area contributed by atoms with Crippen LogP contribution in [0.4, 0.5) is 0 Å². The van der Waals surface area contributed by atoms with E-state index in [1.165, 1.54) is 0 Å². The lowest BCUT2D eigenvalue weighted by Crippen LogP contribution is -2.37. The largest absolute Gasteiger partial charge is 0.455 e. The van der Waals surface area contributed by atoms with E-state index in [4.69, 9.17) is 4.42 Å². The van der Waals surface area contributed by atoms with Crippen LogP contribution in [0.15, 0.2) is 51.8 Å². The summed E-state index contributed by atoms with van der Waals surface area (Å²) in [5.41, 5.74) is 0. The average molecular weight is 358 g/mol. The molecule has 25 heavy (non-hydrogen) atoms. The number of carbonyl (C=O) groups is 2. The number of furan rings is 1. The summed E-state index contributed by atoms with van der Waals surface area (Å²) < 4.78 is 5.65. The smallest absolute Gasteiger partial charge is 0.287 e. The molecule has 1 aromatic carbocycles. The number of amides is 2. The number of benzene rings is 1. The first-order valence-electron chi connectivity index (χ1n) is 8.51. The van der Waals surface area contributed by atoms with Gasteiger partial charge in [0.25, 0.3) is 5.91 Å². The lowest BCUT2D eigenvalue weighted by atomic mass is 10.2. The van der Waals surface area contributed by atoms with Gasteiger partial charge in [0.2, 0.25) is 5.91 Å². The summed E-state index contributed by atoms with van der Waals surface area (Å²) >= 11 is 1.66. The SMILES string of the molecule is CCCN1CC(NC(=O)c2ccc(CSc3ccccc3)o2)CC1=O. The fourth-order valence-corrected chi connectivity index (χ4v) is 3.67. The molecule has 0 saturated carbocycles. The van der Waals surface area contributed by atoms with Crippen molar-refractivity contribution in [1.82, 2.24) is 10.2 Å². The van der Waals surface area contributed by atoms with E-state index in [9.17, 15) is 9.59 Å². The first-order chi connectivity index (χ1) is 12.2. The van der Waals surface area contributed by atoms with Crippen LogP contribution in [0.5, 0.6) is 0 Å². The third-order valence-electron chi connectivity index (χ3n) is 4.05. The highest BCUT2D eigenvalue weighted by atomic mass is 32.2. The van der Waals surface area contributed by atoms with Gasteiger partial charge in [-0.1, -0.05) is 25.1 Å². The fourth-order valence-electron chi connectivity index (χ4n) is 2.86. The average Bonchev–Trinajstić information content (AvgIpc) is 3.22. The lowest BCUT2D eigenvalue weighted by molar-refractivity contribution is -0.127. The molecule has 2 amide bonds. The van der Waals surface area contributed by atoms with Crippen LogP contribution in [0.1, 0.15) is 36.1 Å². The van der Waals surface area contributed by atoms with Gasteiger partial charge in [0.1, 0.15) is 5.76 Å². The van der Waals surface area contributed by atoms with Crippen LogP contribution >= 0.6 is 11.8 Å². The molecule has 2 heterocycles. The summed E-state index contributed by atoms with van der Waals surface area (Å²) in [6.45, 7) is 3.36. The van der Waals surface area contributed by atoms with E-state index in [-0.39, 0.29) is 17.9 Å². The van der Waals surface area contributed by atoms with Crippen molar-refractivity contribution in [3.05, 3.63) is 54.0 Å². The molecular weight excluding hydrogens is 336 g/mol. The van der Waals surface area contributed by atoms with Crippen molar-refractivity contribution in [3.63, 3.8) is 0 Å². The first kappa shape index (κ1) is 17.6. The molecule has 6 heteroatoms. The zero-order valence-electron chi connectivity index (χ0n) is 14.2. The van der Waals surface area contributed by atoms with Crippen molar-refractivity contribution in [3.8, 4) is 0 Å². The zero-order chi connectivity index (χ0) is 17.6. The van der Waals surface area contributed by atoms with E-state index in [2.05, 4.69) is 5.32 Å². The van der Waals surface area contributed by atoms with Crippen LogP contribution in [0.2, 0.25) is 0 Å².